The fraction of sp³-hybridized carbons (Fsp3) is 0.375. The summed E-state index contributed by atoms with van der Waals surface area (Å²) in [5.41, 5.74) is 0. The molecule has 0 aromatic carbocycles. The van der Waals surface area contributed by atoms with Crippen molar-refractivity contribution in [2.24, 2.45) is 5.92 Å². The lowest BCUT2D eigenvalue weighted by Gasteiger charge is -2.25. The molecule has 0 saturated carbocycles. The van der Waals surface area contributed by atoms with E-state index in [1.165, 1.54) is 11.3 Å². The molecule has 3 nitrogen and oxygen atoms in total. The van der Waals surface area contributed by atoms with Gasteiger partial charge in [0.2, 0.25) is 5.91 Å². The van der Waals surface area contributed by atoms with E-state index in [0.29, 0.717) is 4.34 Å². The fourth-order valence-electron chi connectivity index (χ4n) is 1.08. The SMILES string of the molecule is O=C(Nc1ccc(Cl)s1)C1CNC1. The zero-order valence-electron chi connectivity index (χ0n) is 6.84. The minimum atomic E-state index is 0.0808. The van der Waals surface area contributed by atoms with Crippen LogP contribution in [0.5, 0.6) is 0 Å². The third-order valence-electron chi connectivity index (χ3n) is 1.97. The van der Waals surface area contributed by atoms with Crippen LogP contribution in [0.1, 0.15) is 0 Å². The van der Waals surface area contributed by atoms with Gasteiger partial charge >= 0.3 is 0 Å². The van der Waals surface area contributed by atoms with Gasteiger partial charge in [0.05, 0.1) is 15.3 Å². The highest BCUT2D eigenvalue weighted by Gasteiger charge is 2.24. The zero-order chi connectivity index (χ0) is 9.26. The predicted octanol–water partition coefficient (Wildman–Crippen LogP) is 1.56. The molecule has 0 aliphatic carbocycles. The summed E-state index contributed by atoms with van der Waals surface area (Å²) in [6.07, 6.45) is 0. The number of carbonyl (C=O) groups is 1. The highest BCUT2D eigenvalue weighted by Crippen LogP contribution is 2.26. The molecule has 2 heterocycles. The van der Waals surface area contributed by atoms with Crippen LogP contribution in [-0.2, 0) is 4.79 Å². The van der Waals surface area contributed by atoms with E-state index in [9.17, 15) is 4.79 Å². The Bertz CT molecular complexity index is 322. The summed E-state index contributed by atoms with van der Waals surface area (Å²) >= 11 is 7.11. The molecule has 5 heteroatoms. The zero-order valence-corrected chi connectivity index (χ0v) is 8.41. The number of nitrogens with one attached hydrogen (secondary N) is 2. The standard InChI is InChI=1S/C8H9ClN2OS/c9-6-1-2-7(13-6)11-8(12)5-3-10-4-5/h1-2,5,10H,3-4H2,(H,11,12). The Morgan fingerprint density at radius 3 is 2.85 bits per heavy atom. The van der Waals surface area contributed by atoms with E-state index >= 15 is 0 Å². The summed E-state index contributed by atoms with van der Waals surface area (Å²) in [6.45, 7) is 1.57. The molecule has 1 aliphatic heterocycles. The van der Waals surface area contributed by atoms with Crippen LogP contribution in [0.4, 0.5) is 5.00 Å². The van der Waals surface area contributed by atoms with Crippen molar-refractivity contribution in [2.75, 3.05) is 18.4 Å². The van der Waals surface area contributed by atoms with Crippen molar-refractivity contribution in [3.05, 3.63) is 16.5 Å². The summed E-state index contributed by atoms with van der Waals surface area (Å²) < 4.78 is 0.696. The van der Waals surface area contributed by atoms with Gasteiger partial charge in [-0.15, -0.1) is 11.3 Å². The maximum absolute atomic E-state index is 11.4. The Kier molecular flexibility index (Phi) is 2.53. The minimum absolute atomic E-state index is 0.0808. The lowest BCUT2D eigenvalue weighted by Crippen LogP contribution is -2.48. The molecule has 1 aromatic heterocycles. The van der Waals surface area contributed by atoms with E-state index < -0.39 is 0 Å². The van der Waals surface area contributed by atoms with Crippen LogP contribution in [-0.4, -0.2) is 19.0 Å². The molecule has 70 valence electrons. The van der Waals surface area contributed by atoms with Gasteiger partial charge in [-0.3, -0.25) is 4.79 Å². The lowest BCUT2D eigenvalue weighted by molar-refractivity contribution is -0.121. The molecule has 0 unspecified atom stereocenters. The Hall–Kier alpha value is -0.580. The maximum Gasteiger partial charge on any atom is 0.230 e. The predicted molar refractivity (Wildman–Crippen MR) is 54.3 cm³/mol. The number of thiophene rings is 1. The molecule has 0 spiro atoms. The number of anilines is 1. The molecule has 0 atom stereocenters. The van der Waals surface area contributed by atoms with Crippen molar-refractivity contribution in [2.45, 2.75) is 0 Å². The molecule has 1 aromatic rings. The van der Waals surface area contributed by atoms with Gasteiger partial charge in [-0.25, -0.2) is 0 Å². The summed E-state index contributed by atoms with van der Waals surface area (Å²) in [5.74, 6) is 0.207. The molecule has 1 saturated heterocycles. The number of hydrogen-bond donors (Lipinski definition) is 2. The molecule has 1 amide bonds. The molecular formula is C8H9ClN2OS. The van der Waals surface area contributed by atoms with Crippen molar-refractivity contribution in [3.63, 3.8) is 0 Å². The fourth-order valence-corrected chi connectivity index (χ4v) is 2.03. The second kappa shape index (κ2) is 3.65. The van der Waals surface area contributed by atoms with Crippen molar-refractivity contribution in [3.8, 4) is 0 Å². The third-order valence-corrected chi connectivity index (χ3v) is 3.12. The van der Waals surface area contributed by atoms with Gasteiger partial charge in [-0.1, -0.05) is 11.6 Å². The molecule has 2 rings (SSSR count). The number of amides is 1. The molecule has 13 heavy (non-hydrogen) atoms. The number of hydrogen-bond acceptors (Lipinski definition) is 3. The van der Waals surface area contributed by atoms with Crippen LogP contribution in [0.3, 0.4) is 0 Å². The molecule has 1 fully saturated rings. The van der Waals surface area contributed by atoms with Crippen molar-refractivity contribution < 1.29 is 4.79 Å². The quantitative estimate of drug-likeness (QED) is 0.788. The van der Waals surface area contributed by atoms with Gasteiger partial charge in [-0.2, -0.15) is 0 Å². The Morgan fingerprint density at radius 1 is 1.62 bits per heavy atom. The monoisotopic (exact) mass is 216 g/mol. The normalized spacial score (nSPS) is 16.7. The van der Waals surface area contributed by atoms with Crippen molar-refractivity contribution in [1.29, 1.82) is 0 Å². The van der Waals surface area contributed by atoms with Gasteiger partial charge in [0.1, 0.15) is 0 Å². The largest absolute Gasteiger partial charge is 0.317 e. The second-order valence-electron chi connectivity index (χ2n) is 2.95. The molecular weight excluding hydrogens is 208 g/mol. The average Bonchev–Trinajstić information content (AvgIpc) is 2.31. The van der Waals surface area contributed by atoms with Crippen LogP contribution in [0.2, 0.25) is 4.34 Å². The van der Waals surface area contributed by atoms with Crippen LogP contribution in [0, 0.1) is 5.92 Å². The first kappa shape index (κ1) is 8.99. The smallest absolute Gasteiger partial charge is 0.230 e. The minimum Gasteiger partial charge on any atom is -0.317 e. The highest BCUT2D eigenvalue weighted by atomic mass is 35.5. The van der Waals surface area contributed by atoms with Crippen molar-refractivity contribution in [1.82, 2.24) is 5.32 Å². The lowest BCUT2D eigenvalue weighted by atomic mass is 10.0. The van der Waals surface area contributed by atoms with E-state index in [0.717, 1.165) is 18.1 Å². The van der Waals surface area contributed by atoms with Crippen LogP contribution < -0.4 is 10.6 Å². The number of rotatable bonds is 2. The topological polar surface area (TPSA) is 41.1 Å². The van der Waals surface area contributed by atoms with Gasteiger partial charge < -0.3 is 10.6 Å². The van der Waals surface area contributed by atoms with E-state index in [1.54, 1.807) is 6.07 Å². The van der Waals surface area contributed by atoms with Gasteiger partial charge in [0.25, 0.3) is 0 Å². The van der Waals surface area contributed by atoms with E-state index in [-0.39, 0.29) is 11.8 Å². The third kappa shape index (κ3) is 2.02. The van der Waals surface area contributed by atoms with E-state index in [2.05, 4.69) is 10.6 Å². The van der Waals surface area contributed by atoms with Crippen LogP contribution in [0.25, 0.3) is 0 Å². The molecule has 0 radical (unpaired) electrons. The Labute approximate surface area is 85.1 Å². The van der Waals surface area contributed by atoms with E-state index in [1.807, 2.05) is 6.07 Å². The first-order valence-electron chi connectivity index (χ1n) is 4.02. The maximum atomic E-state index is 11.4. The Balaban J connectivity index is 1.93. The second-order valence-corrected chi connectivity index (χ2v) is 4.66. The summed E-state index contributed by atoms with van der Waals surface area (Å²) in [4.78, 5) is 11.4. The number of halogens is 1. The molecule has 0 bridgehead atoms. The summed E-state index contributed by atoms with van der Waals surface area (Å²) in [5, 5.41) is 6.69. The summed E-state index contributed by atoms with van der Waals surface area (Å²) in [7, 11) is 0. The van der Waals surface area contributed by atoms with E-state index in [4.69, 9.17) is 11.6 Å². The Morgan fingerprint density at radius 2 is 2.38 bits per heavy atom. The van der Waals surface area contributed by atoms with Crippen LogP contribution in [0.15, 0.2) is 12.1 Å². The first-order chi connectivity index (χ1) is 6.25. The van der Waals surface area contributed by atoms with Gasteiger partial charge in [0.15, 0.2) is 0 Å². The number of carbonyl (C=O) groups excluding carboxylic acids is 1. The summed E-state index contributed by atoms with van der Waals surface area (Å²) in [6, 6.07) is 3.60. The molecule has 1 aliphatic rings. The van der Waals surface area contributed by atoms with Gasteiger partial charge in [-0.05, 0) is 12.1 Å². The van der Waals surface area contributed by atoms with Gasteiger partial charge in [0, 0.05) is 13.1 Å². The van der Waals surface area contributed by atoms with Crippen LogP contribution >= 0.6 is 22.9 Å². The average molecular weight is 217 g/mol. The highest BCUT2D eigenvalue weighted by molar-refractivity contribution is 7.20. The van der Waals surface area contributed by atoms with Crippen molar-refractivity contribution >= 4 is 33.8 Å². The first-order valence-corrected chi connectivity index (χ1v) is 5.22. The molecule has 2 N–H and O–H groups in total.